The van der Waals surface area contributed by atoms with Crippen molar-refractivity contribution < 1.29 is 14.3 Å². The van der Waals surface area contributed by atoms with Crippen molar-refractivity contribution in [1.29, 1.82) is 0 Å². The fraction of sp³-hybridized carbons (Fsp3) is 0.647. The number of likely N-dealkylation sites (N-methyl/N-ethyl adjacent to an activating group) is 1. The van der Waals surface area contributed by atoms with Crippen molar-refractivity contribution in [2.75, 3.05) is 20.6 Å². The van der Waals surface area contributed by atoms with E-state index in [1.54, 1.807) is 7.05 Å². The van der Waals surface area contributed by atoms with E-state index in [9.17, 15) is 10.2 Å². The zero-order valence-electron chi connectivity index (χ0n) is 15.2. The minimum Gasteiger partial charge on any atom is -0.392 e. The molecule has 0 radical (unpaired) electrons. The number of rotatable bonds is 5. The van der Waals surface area contributed by atoms with Gasteiger partial charge in [0.05, 0.1) is 12.2 Å². The molecule has 0 spiro atoms. The average Bonchev–Trinajstić information content (AvgIpc) is 2.52. The minimum atomic E-state index is -2.17. The molecule has 1 aromatic carbocycles. The van der Waals surface area contributed by atoms with Crippen molar-refractivity contribution in [3.63, 3.8) is 0 Å². The zero-order chi connectivity index (χ0) is 17.1. The van der Waals surface area contributed by atoms with Crippen LogP contribution in [0.25, 0.3) is 0 Å². The monoisotopic (exact) mass is 280 g/mol. The molecule has 0 aliphatic heterocycles. The van der Waals surface area contributed by atoms with Crippen molar-refractivity contribution in [2.24, 2.45) is 0 Å². The van der Waals surface area contributed by atoms with Crippen LogP contribution >= 0.6 is 0 Å². The molecule has 0 aromatic heterocycles. The molecule has 2 rings (SSSR count). The molecular formula is C17H27NO2. The van der Waals surface area contributed by atoms with Crippen molar-refractivity contribution >= 4 is 0 Å². The van der Waals surface area contributed by atoms with Crippen LogP contribution in [0.3, 0.4) is 0 Å². The van der Waals surface area contributed by atoms with Crippen molar-refractivity contribution in [1.82, 2.24) is 4.90 Å². The molecule has 0 unspecified atom stereocenters. The van der Waals surface area contributed by atoms with Gasteiger partial charge in [-0.2, -0.15) is 0 Å². The van der Waals surface area contributed by atoms with Crippen molar-refractivity contribution in [3.05, 3.63) is 35.4 Å². The maximum Gasteiger partial charge on any atom is 0.0728 e. The molecule has 20 heavy (non-hydrogen) atoms. The fourth-order valence-electron chi connectivity index (χ4n) is 3.23. The zero-order valence-corrected chi connectivity index (χ0v) is 12.2. The molecule has 112 valence electrons. The molecule has 0 heterocycles. The Balaban J connectivity index is 2.29. The first-order chi connectivity index (χ1) is 10.8. The Morgan fingerprint density at radius 2 is 1.90 bits per heavy atom. The summed E-state index contributed by atoms with van der Waals surface area (Å²) >= 11 is 0. The van der Waals surface area contributed by atoms with Crippen LogP contribution in [0.2, 0.25) is 0 Å². The molecule has 1 aliphatic carbocycles. The summed E-state index contributed by atoms with van der Waals surface area (Å²) in [6.07, 6.45) is 4.47. The summed E-state index contributed by atoms with van der Waals surface area (Å²) in [6.45, 7) is -1.91. The van der Waals surface area contributed by atoms with Gasteiger partial charge in [0.25, 0.3) is 0 Å². The normalized spacial score (nSPS) is 22.9. The molecule has 1 atom stereocenters. The van der Waals surface area contributed by atoms with E-state index in [1.807, 2.05) is 24.3 Å². The Morgan fingerprint density at radius 3 is 2.45 bits per heavy atom. The second-order valence-corrected chi connectivity index (χ2v) is 6.00. The van der Waals surface area contributed by atoms with Crippen LogP contribution < -0.4 is 0 Å². The van der Waals surface area contributed by atoms with Gasteiger partial charge < -0.3 is 15.1 Å². The van der Waals surface area contributed by atoms with E-state index >= 15 is 0 Å². The van der Waals surface area contributed by atoms with Gasteiger partial charge in [0.2, 0.25) is 0 Å². The van der Waals surface area contributed by atoms with Crippen LogP contribution in [0, 0.1) is 0 Å². The molecule has 1 saturated carbocycles. The predicted molar refractivity (Wildman–Crippen MR) is 81.7 cm³/mol. The van der Waals surface area contributed by atoms with Gasteiger partial charge in [-0.15, -0.1) is 0 Å². The van der Waals surface area contributed by atoms with E-state index in [-0.39, 0.29) is 19.1 Å². The topological polar surface area (TPSA) is 43.7 Å². The third-order valence-corrected chi connectivity index (χ3v) is 4.39. The lowest BCUT2D eigenvalue weighted by Gasteiger charge is -2.41. The van der Waals surface area contributed by atoms with E-state index < -0.39 is 12.6 Å². The van der Waals surface area contributed by atoms with Gasteiger partial charge in [-0.05, 0) is 38.0 Å². The van der Waals surface area contributed by atoms with Crippen LogP contribution in [0.5, 0.6) is 0 Å². The minimum absolute atomic E-state index is 0.0234. The van der Waals surface area contributed by atoms with E-state index in [0.29, 0.717) is 12.8 Å². The molecule has 0 amide bonds. The van der Waals surface area contributed by atoms with Crippen molar-refractivity contribution in [3.8, 4) is 0 Å². The lowest BCUT2D eigenvalue weighted by atomic mass is 9.72. The van der Waals surface area contributed by atoms with Gasteiger partial charge in [0.15, 0.2) is 0 Å². The highest BCUT2D eigenvalue weighted by atomic mass is 16.3. The molecular weight excluding hydrogens is 250 g/mol. The van der Waals surface area contributed by atoms with E-state index in [1.165, 1.54) is 4.90 Å². The first-order valence-corrected chi connectivity index (χ1v) is 7.39. The van der Waals surface area contributed by atoms with Crippen LogP contribution in [0.15, 0.2) is 24.3 Å². The Morgan fingerprint density at radius 1 is 1.25 bits per heavy atom. The highest BCUT2D eigenvalue weighted by Gasteiger charge is 2.38. The standard InChI is InChI=1S/C17H27NO2/c1-18(2)12-16(17(20)10-4-3-5-11-17)15-8-6-14(13-19)7-9-15/h6-9,16,19-20H,3-5,10-13H2,1-2H3/t16-/m1/s1/i1D3. The molecule has 1 aliphatic rings. The Kier molecular flexibility index (Phi) is 3.93. The van der Waals surface area contributed by atoms with E-state index in [0.717, 1.165) is 30.4 Å². The molecule has 3 nitrogen and oxygen atoms in total. The van der Waals surface area contributed by atoms with E-state index in [2.05, 4.69) is 0 Å². The predicted octanol–water partition coefficient (Wildman–Crippen LogP) is 2.52. The van der Waals surface area contributed by atoms with Gasteiger partial charge >= 0.3 is 0 Å². The Bertz CT molecular complexity index is 496. The SMILES string of the molecule is [2H]C([2H])([2H])N(C)C[C@H](c1ccc(CO)cc1)C1(O)CCCCC1. The lowest BCUT2D eigenvalue weighted by Crippen LogP contribution is -2.42. The Hall–Kier alpha value is -0.900. The molecule has 3 heteroatoms. The summed E-state index contributed by atoms with van der Waals surface area (Å²) in [5.41, 5.74) is 0.883. The number of aliphatic hydroxyl groups is 2. The average molecular weight is 280 g/mol. The van der Waals surface area contributed by atoms with Crippen LogP contribution in [0.4, 0.5) is 0 Å². The first kappa shape index (κ1) is 11.7. The fourth-order valence-corrected chi connectivity index (χ4v) is 3.23. The Labute approximate surface area is 126 Å². The van der Waals surface area contributed by atoms with E-state index in [4.69, 9.17) is 4.11 Å². The third-order valence-electron chi connectivity index (χ3n) is 4.39. The maximum atomic E-state index is 11.2. The molecule has 2 N–H and O–H groups in total. The van der Waals surface area contributed by atoms with Gasteiger partial charge in [0, 0.05) is 16.6 Å². The van der Waals surface area contributed by atoms with Gasteiger partial charge in [-0.25, -0.2) is 0 Å². The largest absolute Gasteiger partial charge is 0.392 e. The highest BCUT2D eigenvalue weighted by molar-refractivity contribution is 5.28. The van der Waals surface area contributed by atoms with Gasteiger partial charge in [-0.1, -0.05) is 43.5 Å². The molecule has 1 fully saturated rings. The summed E-state index contributed by atoms with van der Waals surface area (Å²) in [7, 11) is 1.58. The second kappa shape index (κ2) is 6.70. The summed E-state index contributed by atoms with van der Waals surface area (Å²) in [5, 5.41) is 20.4. The summed E-state index contributed by atoms with van der Waals surface area (Å²) in [4.78, 5) is 1.34. The van der Waals surface area contributed by atoms with Crippen molar-refractivity contribution in [2.45, 2.75) is 50.2 Å². The summed E-state index contributed by atoms with van der Waals surface area (Å²) in [5.74, 6) is -0.249. The van der Waals surface area contributed by atoms with Gasteiger partial charge in [0.1, 0.15) is 0 Å². The molecule has 0 bridgehead atoms. The van der Waals surface area contributed by atoms with Gasteiger partial charge in [-0.3, -0.25) is 0 Å². The summed E-state index contributed by atoms with van der Waals surface area (Å²) in [6, 6.07) is 7.47. The molecule has 1 aromatic rings. The molecule has 0 saturated heterocycles. The lowest BCUT2D eigenvalue weighted by molar-refractivity contribution is -0.0277. The first-order valence-electron chi connectivity index (χ1n) is 8.89. The maximum absolute atomic E-state index is 11.2. The number of nitrogens with zero attached hydrogens (tertiary/aromatic N) is 1. The number of hydrogen-bond donors (Lipinski definition) is 2. The number of hydrogen-bond acceptors (Lipinski definition) is 3. The number of aliphatic hydroxyl groups excluding tert-OH is 1. The highest BCUT2D eigenvalue weighted by Crippen LogP contribution is 2.40. The summed E-state index contributed by atoms with van der Waals surface area (Å²) < 4.78 is 22.7. The quantitative estimate of drug-likeness (QED) is 0.871. The van der Waals surface area contributed by atoms with Crippen LogP contribution in [-0.2, 0) is 6.61 Å². The van der Waals surface area contributed by atoms with Crippen LogP contribution in [-0.4, -0.2) is 41.3 Å². The smallest absolute Gasteiger partial charge is 0.0728 e. The van der Waals surface area contributed by atoms with Crippen LogP contribution in [0.1, 0.15) is 53.3 Å². The second-order valence-electron chi connectivity index (χ2n) is 6.00. The number of benzene rings is 1. The third kappa shape index (κ3) is 3.60.